The Labute approximate surface area is 161 Å². The summed E-state index contributed by atoms with van der Waals surface area (Å²) in [4.78, 5) is 16.9. The third-order valence-electron chi connectivity index (χ3n) is 4.99. The molecule has 0 atom stereocenters. The number of carbonyl (C=O) groups is 1. The molecule has 0 radical (unpaired) electrons. The molecule has 0 aliphatic carbocycles. The second-order valence-electron chi connectivity index (χ2n) is 7.28. The van der Waals surface area contributed by atoms with Gasteiger partial charge in [-0.3, -0.25) is 9.36 Å². The number of aromatic nitrogens is 2. The summed E-state index contributed by atoms with van der Waals surface area (Å²) in [5, 5.41) is 3.02. The molecule has 0 fully saturated rings. The van der Waals surface area contributed by atoms with Crippen LogP contribution in [0.5, 0.6) is 0 Å². The highest BCUT2D eigenvalue weighted by molar-refractivity contribution is 5.97. The summed E-state index contributed by atoms with van der Waals surface area (Å²) >= 11 is 0. The zero-order valence-corrected chi connectivity index (χ0v) is 16.6. The first kappa shape index (κ1) is 19.2. The third kappa shape index (κ3) is 4.57. The molecule has 0 aliphatic heterocycles. The predicted molar refractivity (Wildman–Crippen MR) is 112 cm³/mol. The maximum Gasteiger partial charge on any atom is 0.251 e. The minimum atomic E-state index is -0.0199. The number of nitrogens with zero attached hydrogens (tertiary/aromatic N) is 2. The van der Waals surface area contributed by atoms with Crippen LogP contribution in [-0.2, 0) is 0 Å². The van der Waals surface area contributed by atoms with Gasteiger partial charge in [0, 0.05) is 12.1 Å². The van der Waals surface area contributed by atoms with Crippen LogP contribution in [0.2, 0.25) is 0 Å². The number of carbonyl (C=O) groups excluding carboxylic acids is 1. The topological polar surface area (TPSA) is 46.9 Å². The van der Waals surface area contributed by atoms with E-state index in [0.717, 1.165) is 29.7 Å². The summed E-state index contributed by atoms with van der Waals surface area (Å²) in [7, 11) is 0. The van der Waals surface area contributed by atoms with Gasteiger partial charge in [-0.2, -0.15) is 0 Å². The summed E-state index contributed by atoms with van der Waals surface area (Å²) in [6.45, 7) is 7.14. The molecule has 0 unspecified atom stereocenters. The van der Waals surface area contributed by atoms with E-state index in [4.69, 9.17) is 0 Å². The lowest BCUT2D eigenvalue weighted by atomic mass is 10.1. The number of amides is 1. The molecular weight excluding hydrogens is 334 g/mol. The van der Waals surface area contributed by atoms with Gasteiger partial charge >= 0.3 is 0 Å². The van der Waals surface area contributed by atoms with Crippen molar-refractivity contribution in [3.8, 4) is 5.69 Å². The fraction of sp³-hybridized carbons (Fsp3) is 0.391. The van der Waals surface area contributed by atoms with Gasteiger partial charge in [-0.1, -0.05) is 50.3 Å². The number of fused-ring (bicyclic) bond motifs is 1. The molecule has 1 heterocycles. The molecule has 0 saturated heterocycles. The summed E-state index contributed by atoms with van der Waals surface area (Å²) in [6, 6.07) is 12.1. The Hall–Kier alpha value is -2.62. The van der Waals surface area contributed by atoms with E-state index in [2.05, 4.69) is 53.8 Å². The monoisotopic (exact) mass is 363 g/mol. The van der Waals surface area contributed by atoms with Crippen molar-refractivity contribution < 1.29 is 4.79 Å². The second-order valence-corrected chi connectivity index (χ2v) is 7.28. The molecule has 1 amide bonds. The Morgan fingerprint density at radius 1 is 1.04 bits per heavy atom. The van der Waals surface area contributed by atoms with Gasteiger partial charge in [0.2, 0.25) is 0 Å². The number of benzene rings is 2. The Bertz CT molecular complexity index is 927. The molecule has 1 aromatic heterocycles. The van der Waals surface area contributed by atoms with E-state index < -0.39 is 0 Å². The molecule has 2 aromatic carbocycles. The van der Waals surface area contributed by atoms with Crippen LogP contribution in [0, 0.1) is 13.8 Å². The highest BCUT2D eigenvalue weighted by Crippen LogP contribution is 2.22. The Kier molecular flexibility index (Phi) is 6.28. The van der Waals surface area contributed by atoms with Gasteiger partial charge in [0.15, 0.2) is 0 Å². The van der Waals surface area contributed by atoms with Gasteiger partial charge in [-0.05, 0) is 50.1 Å². The molecule has 142 valence electrons. The van der Waals surface area contributed by atoms with Crippen LogP contribution in [0.3, 0.4) is 0 Å². The quantitative estimate of drug-likeness (QED) is 0.549. The lowest BCUT2D eigenvalue weighted by molar-refractivity contribution is 0.0953. The molecule has 4 nitrogen and oxygen atoms in total. The molecular formula is C23H29N3O. The number of rotatable bonds is 8. The summed E-state index contributed by atoms with van der Waals surface area (Å²) in [6.07, 6.45) is 7.80. The SMILES string of the molecule is CCCCCCCNC(=O)c1ccc2c(c1)ncn2-c1ccc(C)cc1C. The van der Waals surface area contributed by atoms with Crippen LogP contribution in [0.25, 0.3) is 16.7 Å². The van der Waals surface area contributed by atoms with Crippen molar-refractivity contribution in [2.45, 2.75) is 52.9 Å². The van der Waals surface area contributed by atoms with Gasteiger partial charge < -0.3 is 5.32 Å². The molecule has 0 spiro atoms. The lowest BCUT2D eigenvalue weighted by Crippen LogP contribution is -2.24. The second kappa shape index (κ2) is 8.85. The maximum atomic E-state index is 12.4. The zero-order chi connectivity index (χ0) is 19.2. The first-order valence-corrected chi connectivity index (χ1v) is 9.93. The first-order valence-electron chi connectivity index (χ1n) is 9.93. The van der Waals surface area contributed by atoms with Crippen LogP contribution in [0.4, 0.5) is 0 Å². The van der Waals surface area contributed by atoms with Crippen molar-refractivity contribution in [1.82, 2.24) is 14.9 Å². The number of nitrogens with one attached hydrogen (secondary N) is 1. The van der Waals surface area contributed by atoms with Gasteiger partial charge in [0.1, 0.15) is 6.33 Å². The average Bonchev–Trinajstić information content (AvgIpc) is 3.07. The normalized spacial score (nSPS) is 11.1. The number of hydrogen-bond donors (Lipinski definition) is 1. The standard InChI is InChI=1S/C23H29N3O/c1-4-5-6-7-8-13-24-23(27)19-10-12-22-20(15-19)25-16-26(22)21-11-9-17(2)14-18(21)3/h9-12,14-16H,4-8,13H2,1-3H3,(H,24,27). The fourth-order valence-corrected chi connectivity index (χ4v) is 3.45. The van der Waals surface area contributed by atoms with Gasteiger partial charge in [-0.25, -0.2) is 4.98 Å². The Balaban J connectivity index is 1.70. The van der Waals surface area contributed by atoms with Crippen molar-refractivity contribution in [1.29, 1.82) is 0 Å². The Morgan fingerprint density at radius 2 is 1.85 bits per heavy atom. The first-order chi connectivity index (χ1) is 13.1. The fourth-order valence-electron chi connectivity index (χ4n) is 3.45. The van der Waals surface area contributed by atoms with E-state index >= 15 is 0 Å². The van der Waals surface area contributed by atoms with Crippen LogP contribution in [-0.4, -0.2) is 22.0 Å². The molecule has 0 saturated carbocycles. The summed E-state index contributed by atoms with van der Waals surface area (Å²) in [5.41, 5.74) is 6.09. The zero-order valence-electron chi connectivity index (χ0n) is 16.6. The van der Waals surface area contributed by atoms with Gasteiger partial charge in [0.25, 0.3) is 5.91 Å². The highest BCUT2D eigenvalue weighted by atomic mass is 16.1. The summed E-state index contributed by atoms with van der Waals surface area (Å²) < 4.78 is 2.08. The third-order valence-corrected chi connectivity index (χ3v) is 4.99. The van der Waals surface area contributed by atoms with Crippen molar-refractivity contribution in [3.05, 3.63) is 59.4 Å². The van der Waals surface area contributed by atoms with Crippen LogP contribution in [0.1, 0.15) is 60.5 Å². The van der Waals surface area contributed by atoms with E-state index in [9.17, 15) is 4.79 Å². The van der Waals surface area contributed by atoms with Crippen molar-refractivity contribution >= 4 is 16.9 Å². The minimum Gasteiger partial charge on any atom is -0.352 e. The smallest absolute Gasteiger partial charge is 0.251 e. The van der Waals surface area contributed by atoms with E-state index in [1.807, 2.05) is 24.5 Å². The van der Waals surface area contributed by atoms with E-state index in [1.54, 1.807) is 0 Å². The van der Waals surface area contributed by atoms with Crippen LogP contribution < -0.4 is 5.32 Å². The van der Waals surface area contributed by atoms with Crippen LogP contribution in [0.15, 0.2) is 42.7 Å². The molecule has 27 heavy (non-hydrogen) atoms. The molecule has 0 bridgehead atoms. The number of imidazole rings is 1. The number of unbranched alkanes of at least 4 members (excludes halogenated alkanes) is 4. The van der Waals surface area contributed by atoms with Crippen molar-refractivity contribution in [2.24, 2.45) is 0 Å². The van der Waals surface area contributed by atoms with Gasteiger partial charge in [-0.15, -0.1) is 0 Å². The maximum absolute atomic E-state index is 12.4. The summed E-state index contributed by atoms with van der Waals surface area (Å²) in [5.74, 6) is -0.0199. The number of hydrogen-bond acceptors (Lipinski definition) is 2. The molecule has 1 N–H and O–H groups in total. The average molecular weight is 364 g/mol. The van der Waals surface area contributed by atoms with Crippen molar-refractivity contribution in [3.63, 3.8) is 0 Å². The van der Waals surface area contributed by atoms with E-state index in [-0.39, 0.29) is 5.91 Å². The largest absolute Gasteiger partial charge is 0.352 e. The highest BCUT2D eigenvalue weighted by Gasteiger charge is 2.11. The van der Waals surface area contributed by atoms with Crippen LogP contribution >= 0.6 is 0 Å². The molecule has 4 heteroatoms. The van der Waals surface area contributed by atoms with Gasteiger partial charge in [0.05, 0.1) is 16.7 Å². The van der Waals surface area contributed by atoms with E-state index in [0.29, 0.717) is 5.56 Å². The molecule has 0 aliphatic rings. The van der Waals surface area contributed by atoms with Crippen molar-refractivity contribution in [2.75, 3.05) is 6.54 Å². The Morgan fingerprint density at radius 3 is 2.63 bits per heavy atom. The van der Waals surface area contributed by atoms with E-state index in [1.165, 1.54) is 36.8 Å². The number of aryl methyl sites for hydroxylation is 2. The molecule has 3 aromatic rings. The molecule has 3 rings (SSSR count). The predicted octanol–water partition coefficient (Wildman–Crippen LogP) is 5.34. The lowest BCUT2D eigenvalue weighted by Gasteiger charge is -2.09. The minimum absolute atomic E-state index is 0.0199.